The van der Waals surface area contributed by atoms with Crippen molar-refractivity contribution in [3.63, 3.8) is 0 Å². The molecule has 1 aliphatic rings. The molecule has 3 heterocycles. The lowest BCUT2D eigenvalue weighted by Crippen LogP contribution is -2.42. The van der Waals surface area contributed by atoms with E-state index in [9.17, 15) is 22.8 Å². The van der Waals surface area contributed by atoms with Crippen LogP contribution in [-0.2, 0) is 19.1 Å². The van der Waals surface area contributed by atoms with E-state index in [0.717, 1.165) is 22.4 Å². The maximum absolute atomic E-state index is 13.2. The topological polar surface area (TPSA) is 89.6 Å². The Hall–Kier alpha value is -3.89. The minimum absolute atomic E-state index is 0.0648. The molecule has 1 aliphatic heterocycles. The van der Waals surface area contributed by atoms with Crippen LogP contribution >= 0.6 is 0 Å². The number of anilines is 1. The van der Waals surface area contributed by atoms with Gasteiger partial charge in [0, 0.05) is 24.1 Å². The third kappa shape index (κ3) is 4.58. The van der Waals surface area contributed by atoms with Crippen LogP contribution in [0.15, 0.2) is 33.5 Å². The second kappa shape index (κ2) is 9.05. The Bertz CT molecular complexity index is 1330. The number of fused-ring (bicyclic) bond motifs is 1. The van der Waals surface area contributed by atoms with Crippen molar-refractivity contribution in [1.29, 1.82) is 0 Å². The van der Waals surface area contributed by atoms with Gasteiger partial charge in [-0.1, -0.05) is 6.54 Å². The van der Waals surface area contributed by atoms with Crippen molar-refractivity contribution in [3.05, 3.63) is 86.2 Å². The van der Waals surface area contributed by atoms with E-state index in [1.54, 1.807) is 18.7 Å². The van der Waals surface area contributed by atoms with E-state index in [1.807, 2.05) is 6.92 Å². The summed E-state index contributed by atoms with van der Waals surface area (Å²) < 4.78 is 44.8. The number of carbonyl (C=O) groups excluding carboxylic acids is 1. The van der Waals surface area contributed by atoms with Crippen LogP contribution in [0.2, 0.25) is 0 Å². The highest BCUT2D eigenvalue weighted by Gasteiger charge is 2.30. The number of amides is 1. The first-order valence-corrected chi connectivity index (χ1v) is 10.8. The number of halogens is 3. The Morgan fingerprint density at radius 2 is 1.86 bits per heavy atom. The number of aryl methyl sites for hydroxylation is 2. The molecule has 0 atom stereocenters. The summed E-state index contributed by atoms with van der Waals surface area (Å²) in [6.45, 7) is 7.20. The predicted molar refractivity (Wildman–Crippen MR) is 121 cm³/mol. The van der Waals surface area contributed by atoms with Gasteiger partial charge in [0.05, 0.1) is 23.4 Å². The molecule has 0 fully saturated rings. The molecular formula is C24H24F3N4O4-. The van der Waals surface area contributed by atoms with E-state index < -0.39 is 17.3 Å². The van der Waals surface area contributed by atoms with Crippen molar-refractivity contribution in [1.82, 2.24) is 14.6 Å². The van der Waals surface area contributed by atoms with E-state index in [-0.39, 0.29) is 18.4 Å². The van der Waals surface area contributed by atoms with Gasteiger partial charge in [0.15, 0.2) is 0 Å². The zero-order valence-corrected chi connectivity index (χ0v) is 19.6. The number of rotatable bonds is 5. The molecule has 0 radical (unpaired) electrons. The van der Waals surface area contributed by atoms with Crippen molar-refractivity contribution in [3.8, 4) is 0 Å². The Kier molecular flexibility index (Phi) is 6.27. The zero-order chi connectivity index (χ0) is 25.5. The average Bonchev–Trinajstić information content (AvgIpc) is 3.07. The van der Waals surface area contributed by atoms with E-state index >= 15 is 0 Å². The lowest BCUT2D eigenvalue weighted by Gasteiger charge is -2.29. The summed E-state index contributed by atoms with van der Waals surface area (Å²) in [7, 11) is 1.30. The predicted octanol–water partition coefficient (Wildman–Crippen LogP) is 3.66. The minimum Gasteiger partial charge on any atom is -0.466 e. The Balaban J connectivity index is 1.55. The molecule has 3 aromatic rings. The first-order chi connectivity index (χ1) is 16.5. The molecule has 1 aromatic carbocycles. The number of alkyl halides is 3. The largest absolute Gasteiger partial charge is 0.466 e. The molecule has 0 aliphatic carbocycles. The summed E-state index contributed by atoms with van der Waals surface area (Å²) in [5.74, 6) is 1.06. The van der Waals surface area contributed by atoms with Gasteiger partial charge in [-0.3, -0.25) is 9.59 Å². The summed E-state index contributed by atoms with van der Waals surface area (Å²) in [5.41, 5.74) is 1.33. The third-order valence-corrected chi connectivity index (χ3v) is 6.04. The van der Waals surface area contributed by atoms with E-state index in [0.29, 0.717) is 46.9 Å². The number of furan rings is 1. The number of benzene rings is 1. The van der Waals surface area contributed by atoms with Gasteiger partial charge in [0.2, 0.25) is 5.95 Å². The minimum atomic E-state index is -4.42. The number of hydrogen-bond donors (Lipinski definition) is 1. The fraction of sp³-hybridized carbons (Fsp3) is 0.333. The molecule has 35 heavy (non-hydrogen) atoms. The number of nitrogens with one attached hydrogen (secondary N) is 1. The molecule has 0 bridgehead atoms. The second-order valence-electron chi connectivity index (χ2n) is 8.24. The van der Waals surface area contributed by atoms with Gasteiger partial charge < -0.3 is 19.5 Å². The number of carbonyl (C=O) groups is 1. The smallest absolute Gasteiger partial charge is 0.414 e. The fourth-order valence-electron chi connectivity index (χ4n) is 4.08. The van der Waals surface area contributed by atoms with Gasteiger partial charge >= 0.3 is 6.18 Å². The molecule has 1 N–H and O–H groups in total. The van der Waals surface area contributed by atoms with Crippen LogP contribution in [0.3, 0.4) is 0 Å². The molecule has 0 unspecified atom stereocenters. The highest BCUT2D eigenvalue weighted by Crippen LogP contribution is 2.29. The Morgan fingerprint density at radius 1 is 1.17 bits per heavy atom. The van der Waals surface area contributed by atoms with Gasteiger partial charge in [0.25, 0.3) is 11.5 Å². The van der Waals surface area contributed by atoms with Crippen molar-refractivity contribution in [2.75, 3.05) is 19.0 Å². The summed E-state index contributed by atoms with van der Waals surface area (Å²) in [4.78, 5) is 37.6. The standard InChI is InChI=1S/C24H24F3N4O4/c1-13-14(2)35-15(3)20(13)22(33)30-10-9-19-18(12-30)21(32)31(34-4)23(29-19)28-11-16-5-7-17(8-6-16)24(25,26)27/h5-8,11H,9-10,12H2,1-4H3,(H,28,29)/q-1. The van der Waals surface area contributed by atoms with Crippen LogP contribution in [0, 0.1) is 27.3 Å². The summed E-state index contributed by atoms with van der Waals surface area (Å²) in [6, 6.07) is 4.53. The number of aromatic nitrogens is 2. The second-order valence-corrected chi connectivity index (χ2v) is 8.24. The van der Waals surface area contributed by atoms with E-state index in [2.05, 4.69) is 10.3 Å². The molecule has 8 nitrogen and oxygen atoms in total. The number of hydrogen-bond acceptors (Lipinski definition) is 6. The first kappa shape index (κ1) is 24.2. The maximum atomic E-state index is 13.2. The zero-order valence-electron chi connectivity index (χ0n) is 19.6. The van der Waals surface area contributed by atoms with Crippen molar-refractivity contribution >= 4 is 11.9 Å². The van der Waals surface area contributed by atoms with Crippen LogP contribution in [0.25, 0.3) is 0 Å². The van der Waals surface area contributed by atoms with Crippen molar-refractivity contribution in [2.45, 2.75) is 39.9 Å². The van der Waals surface area contributed by atoms with Gasteiger partial charge in [-0.2, -0.15) is 30.9 Å². The quantitative estimate of drug-likeness (QED) is 0.551. The van der Waals surface area contributed by atoms with Gasteiger partial charge in [-0.05, 0) is 20.8 Å². The molecule has 2 aromatic heterocycles. The first-order valence-electron chi connectivity index (χ1n) is 10.8. The summed E-state index contributed by atoms with van der Waals surface area (Å²) in [5, 5.41) is 2.83. The molecule has 0 saturated carbocycles. The van der Waals surface area contributed by atoms with Crippen LogP contribution in [0.1, 0.15) is 49.8 Å². The average molecular weight is 489 g/mol. The van der Waals surface area contributed by atoms with Crippen molar-refractivity contribution < 1.29 is 27.2 Å². The van der Waals surface area contributed by atoms with Gasteiger partial charge in [-0.25, -0.2) is 4.98 Å². The lowest BCUT2D eigenvalue weighted by atomic mass is 10.0. The van der Waals surface area contributed by atoms with E-state index in [1.165, 1.54) is 25.8 Å². The van der Waals surface area contributed by atoms with Gasteiger partial charge in [-0.15, -0.1) is 16.9 Å². The molecular weight excluding hydrogens is 465 g/mol. The Labute approximate surface area is 199 Å². The maximum Gasteiger partial charge on any atom is 0.414 e. The molecule has 0 spiro atoms. The highest BCUT2D eigenvalue weighted by molar-refractivity contribution is 5.97. The normalized spacial score (nSPS) is 13.4. The molecule has 4 rings (SSSR count). The Morgan fingerprint density at radius 3 is 2.43 bits per heavy atom. The van der Waals surface area contributed by atoms with Crippen molar-refractivity contribution in [2.24, 2.45) is 0 Å². The molecule has 186 valence electrons. The van der Waals surface area contributed by atoms with Crippen LogP contribution < -0.4 is 15.7 Å². The summed E-state index contributed by atoms with van der Waals surface area (Å²) >= 11 is 0. The SMILES string of the molecule is COn1c(N[CH-]c2ccc(C(F)(F)F)cc2)nc2c(c1=O)CN(C(=O)c1c(C)oc(C)c1C)CC2. The van der Waals surface area contributed by atoms with Crippen LogP contribution in [0.5, 0.6) is 0 Å². The number of nitrogens with zero attached hydrogens (tertiary/aromatic N) is 3. The molecule has 11 heteroatoms. The molecule has 0 saturated heterocycles. The summed E-state index contributed by atoms with van der Waals surface area (Å²) in [6.07, 6.45) is -4.07. The van der Waals surface area contributed by atoms with Crippen LogP contribution in [0.4, 0.5) is 19.1 Å². The van der Waals surface area contributed by atoms with E-state index in [4.69, 9.17) is 9.25 Å². The monoisotopic (exact) mass is 489 g/mol. The fourth-order valence-corrected chi connectivity index (χ4v) is 4.08. The highest BCUT2D eigenvalue weighted by atomic mass is 19.4. The third-order valence-electron chi connectivity index (χ3n) is 6.04. The van der Waals surface area contributed by atoms with Gasteiger partial charge in [0.1, 0.15) is 18.6 Å². The lowest BCUT2D eigenvalue weighted by molar-refractivity contribution is -0.137. The molecule has 1 amide bonds. The van der Waals surface area contributed by atoms with Crippen LogP contribution in [-0.4, -0.2) is 34.2 Å².